The molecule has 0 N–H and O–H groups in total. The van der Waals surface area contributed by atoms with Crippen LogP contribution < -0.4 is 0 Å². The summed E-state index contributed by atoms with van der Waals surface area (Å²) in [6, 6.07) is 6.78. The van der Waals surface area contributed by atoms with E-state index in [-0.39, 0.29) is 19.0 Å². The third kappa shape index (κ3) is 4.99. The van der Waals surface area contributed by atoms with Crippen LogP contribution in [0.4, 0.5) is 26.3 Å². The number of hydrogen-bond donors (Lipinski definition) is 0. The zero-order valence-electron chi connectivity index (χ0n) is 15.9. The van der Waals surface area contributed by atoms with Crippen molar-refractivity contribution < 1.29 is 31.1 Å². The van der Waals surface area contributed by atoms with Gasteiger partial charge in [-0.05, 0) is 24.6 Å². The largest absolute Gasteiger partial charge is 0.379 e. The minimum Gasteiger partial charge on any atom is -0.348 e. The Bertz CT molecular complexity index is 806. The predicted octanol–water partition coefficient (Wildman–Crippen LogP) is 6.10. The third-order valence-corrected chi connectivity index (χ3v) is 4.02. The molecule has 8 heteroatoms. The minimum atomic E-state index is -5.89. The third-order valence-electron chi connectivity index (χ3n) is 4.02. The van der Waals surface area contributed by atoms with Gasteiger partial charge in [0.1, 0.15) is 0 Å². The number of carbonyl (C=O) groups excluding carboxylic acids is 1. The molecule has 0 spiro atoms. The first-order valence-electron chi connectivity index (χ1n) is 8.52. The molecule has 0 aliphatic carbocycles. The molecule has 0 unspecified atom stereocenters. The van der Waals surface area contributed by atoms with Gasteiger partial charge in [0.05, 0.1) is 0 Å². The van der Waals surface area contributed by atoms with Crippen molar-refractivity contribution in [3.05, 3.63) is 79.2 Å². The molecule has 0 aromatic heterocycles. The molecule has 0 radical (unpaired) electrons. The molecular formula is C21H21F6NO. The van der Waals surface area contributed by atoms with E-state index in [1.165, 1.54) is 53.5 Å². The first kappa shape index (κ1) is 24.3. The van der Waals surface area contributed by atoms with Crippen molar-refractivity contribution in [2.75, 3.05) is 6.54 Å². The zero-order chi connectivity index (χ0) is 22.5. The summed E-state index contributed by atoms with van der Waals surface area (Å²) in [5.41, 5.74) is -0.648. The van der Waals surface area contributed by atoms with Gasteiger partial charge in [-0.25, -0.2) is 0 Å². The van der Waals surface area contributed by atoms with Crippen LogP contribution in [0.1, 0.15) is 19.4 Å². The molecule has 158 valence electrons. The zero-order valence-corrected chi connectivity index (χ0v) is 15.9. The van der Waals surface area contributed by atoms with Crippen LogP contribution >= 0.6 is 0 Å². The lowest BCUT2D eigenvalue weighted by Gasteiger charge is -2.31. The molecule has 0 saturated carbocycles. The average molecular weight is 417 g/mol. The molecule has 0 aliphatic heterocycles. The fraction of sp³-hybridized carbons (Fsp3) is 0.286. The van der Waals surface area contributed by atoms with Crippen LogP contribution in [-0.4, -0.2) is 35.0 Å². The van der Waals surface area contributed by atoms with Crippen molar-refractivity contribution >= 4 is 11.4 Å². The van der Waals surface area contributed by atoms with Gasteiger partial charge in [0.2, 0.25) is 5.78 Å². The van der Waals surface area contributed by atoms with Gasteiger partial charge < -0.3 is 4.90 Å². The molecule has 0 heterocycles. The summed E-state index contributed by atoms with van der Waals surface area (Å²) in [7, 11) is 0. The highest BCUT2D eigenvalue weighted by molar-refractivity contribution is 6.24. The monoisotopic (exact) mass is 417 g/mol. The van der Waals surface area contributed by atoms with E-state index in [0.29, 0.717) is 5.70 Å². The molecule has 1 aromatic rings. The molecule has 0 amide bonds. The van der Waals surface area contributed by atoms with Crippen molar-refractivity contribution in [1.29, 1.82) is 0 Å². The second kappa shape index (κ2) is 9.15. The summed E-state index contributed by atoms with van der Waals surface area (Å²) in [6.07, 6.45) is 5.07. The summed E-state index contributed by atoms with van der Waals surface area (Å²) in [5.74, 6) is -19.1. The number of likely N-dealkylation sites (N-methyl/N-ethyl adjacent to an activating group) is 1. The molecule has 0 fully saturated rings. The molecular weight excluding hydrogens is 396 g/mol. The van der Waals surface area contributed by atoms with Gasteiger partial charge in [0, 0.05) is 30.9 Å². The maximum absolute atomic E-state index is 14.3. The summed E-state index contributed by atoms with van der Waals surface area (Å²) >= 11 is 0. The molecule has 2 nitrogen and oxygen atoms in total. The topological polar surface area (TPSA) is 20.3 Å². The van der Waals surface area contributed by atoms with E-state index in [0.717, 1.165) is 6.20 Å². The Morgan fingerprint density at radius 3 is 2.03 bits per heavy atom. The number of allylic oxidation sites excluding steroid dienone is 4. The van der Waals surface area contributed by atoms with Crippen LogP contribution in [0, 0.1) is 0 Å². The maximum atomic E-state index is 14.3. The number of Topliss-reactive ketones (excluding diaryl/α,β-unsaturated/α-hetero) is 1. The number of ketones is 1. The highest BCUT2D eigenvalue weighted by Gasteiger charge is 2.72. The van der Waals surface area contributed by atoms with Gasteiger partial charge in [-0.1, -0.05) is 49.6 Å². The van der Waals surface area contributed by atoms with Crippen molar-refractivity contribution in [3.63, 3.8) is 0 Å². The van der Waals surface area contributed by atoms with Crippen LogP contribution in [0.5, 0.6) is 0 Å². The number of nitrogens with zero attached hydrogens (tertiary/aromatic N) is 1. The Labute approximate surface area is 165 Å². The smallest absolute Gasteiger partial charge is 0.348 e. The molecule has 1 aromatic carbocycles. The summed E-state index contributed by atoms with van der Waals surface area (Å²) in [5, 5.41) is 0. The first-order chi connectivity index (χ1) is 13.3. The van der Waals surface area contributed by atoms with Crippen LogP contribution in [0.15, 0.2) is 73.6 Å². The van der Waals surface area contributed by atoms with E-state index >= 15 is 0 Å². The predicted molar refractivity (Wildman–Crippen MR) is 101 cm³/mol. The van der Waals surface area contributed by atoms with Crippen molar-refractivity contribution in [3.8, 4) is 0 Å². The number of carbonyl (C=O) groups is 1. The molecule has 1 rings (SSSR count). The minimum absolute atomic E-state index is 0.132. The van der Waals surface area contributed by atoms with E-state index in [2.05, 4.69) is 13.2 Å². The van der Waals surface area contributed by atoms with E-state index in [1.54, 1.807) is 6.92 Å². The van der Waals surface area contributed by atoms with Gasteiger partial charge >= 0.3 is 17.8 Å². The number of hydrogen-bond acceptors (Lipinski definition) is 2. The number of alkyl halides is 6. The van der Waals surface area contributed by atoms with E-state index in [9.17, 15) is 31.1 Å². The van der Waals surface area contributed by atoms with Crippen LogP contribution in [-0.2, 0) is 4.79 Å². The van der Waals surface area contributed by atoms with Gasteiger partial charge in [0.15, 0.2) is 0 Å². The molecule has 29 heavy (non-hydrogen) atoms. The average Bonchev–Trinajstić information content (AvgIpc) is 2.66. The summed E-state index contributed by atoms with van der Waals surface area (Å²) in [4.78, 5) is 13.7. The van der Waals surface area contributed by atoms with Gasteiger partial charge in [-0.15, -0.1) is 0 Å². The van der Waals surface area contributed by atoms with Crippen molar-refractivity contribution in [2.24, 2.45) is 0 Å². The molecule has 0 atom stereocenters. The lowest BCUT2D eigenvalue weighted by molar-refractivity contribution is -0.288. The maximum Gasteiger partial charge on any atom is 0.379 e. The quantitative estimate of drug-likeness (QED) is 0.260. The summed E-state index contributed by atoms with van der Waals surface area (Å²) < 4.78 is 82.6. The number of benzene rings is 1. The Kier molecular flexibility index (Phi) is 7.66. The molecule has 0 aliphatic rings. The second-order valence-electron chi connectivity index (χ2n) is 6.09. The second-order valence-corrected chi connectivity index (χ2v) is 6.09. The lowest BCUT2D eigenvalue weighted by Crippen LogP contribution is -2.56. The first-order valence-corrected chi connectivity index (χ1v) is 8.52. The standard InChI is InChI=1S/C21H21F6NO/c1-5-11-16(6-2)28(7-3)14-17(15-12-9-8-10-13-15)18(29)20(24,25)21(26,27)19(4,22)23/h5-6,8-14H,1-2,7H2,3-4H3/b16-11+,17-14+. The Morgan fingerprint density at radius 1 is 1.07 bits per heavy atom. The fourth-order valence-electron chi connectivity index (χ4n) is 2.38. The van der Waals surface area contributed by atoms with Crippen molar-refractivity contribution in [2.45, 2.75) is 31.6 Å². The van der Waals surface area contributed by atoms with Gasteiger partial charge in [-0.3, -0.25) is 4.79 Å². The van der Waals surface area contributed by atoms with E-state index < -0.39 is 29.1 Å². The normalized spacial score (nSPS) is 13.8. The molecule has 0 bridgehead atoms. The summed E-state index contributed by atoms with van der Waals surface area (Å²) in [6.45, 7) is 8.44. The van der Waals surface area contributed by atoms with E-state index in [1.807, 2.05) is 0 Å². The highest BCUT2D eigenvalue weighted by Crippen LogP contribution is 2.47. The van der Waals surface area contributed by atoms with Crippen molar-refractivity contribution in [1.82, 2.24) is 4.90 Å². The van der Waals surface area contributed by atoms with Gasteiger partial charge in [-0.2, -0.15) is 26.3 Å². The van der Waals surface area contributed by atoms with Crippen LogP contribution in [0.25, 0.3) is 5.57 Å². The molecule has 0 saturated heterocycles. The van der Waals surface area contributed by atoms with E-state index in [4.69, 9.17) is 0 Å². The Balaban J connectivity index is 3.67. The Hall–Kier alpha value is -2.77. The number of halogens is 6. The number of rotatable bonds is 10. The highest BCUT2D eigenvalue weighted by atomic mass is 19.3. The SMILES string of the molecule is C=C/C=C(\C=C)N(/C=C(/C(=O)C(F)(F)C(F)(F)C(C)(F)F)c1ccccc1)CC. The fourth-order valence-corrected chi connectivity index (χ4v) is 2.38. The Morgan fingerprint density at radius 2 is 1.62 bits per heavy atom. The van der Waals surface area contributed by atoms with Crippen LogP contribution in [0.3, 0.4) is 0 Å². The lowest BCUT2D eigenvalue weighted by atomic mass is 9.93. The van der Waals surface area contributed by atoms with Gasteiger partial charge in [0.25, 0.3) is 0 Å². The van der Waals surface area contributed by atoms with Crippen LogP contribution in [0.2, 0.25) is 0 Å².